The van der Waals surface area contributed by atoms with Crippen molar-refractivity contribution in [1.29, 1.82) is 0 Å². The van der Waals surface area contributed by atoms with E-state index in [1.807, 2.05) is 48.5 Å². The van der Waals surface area contributed by atoms with E-state index in [0.29, 0.717) is 0 Å². The molecule has 0 bridgehead atoms. The van der Waals surface area contributed by atoms with Gasteiger partial charge in [-0.3, -0.25) is 4.98 Å². The van der Waals surface area contributed by atoms with Crippen LogP contribution in [0.3, 0.4) is 0 Å². The SMILES string of the molecule is CCn1c(SCc2ccc(Cl)c3cccnc23)nnc1-c1ccc(OC)cc1. The van der Waals surface area contributed by atoms with E-state index in [-0.39, 0.29) is 0 Å². The zero-order chi connectivity index (χ0) is 19.5. The number of rotatable bonds is 6. The Labute approximate surface area is 172 Å². The summed E-state index contributed by atoms with van der Waals surface area (Å²) in [6.45, 7) is 2.88. The van der Waals surface area contributed by atoms with Crippen LogP contribution in [0.2, 0.25) is 5.02 Å². The van der Waals surface area contributed by atoms with Crippen molar-refractivity contribution in [2.45, 2.75) is 24.4 Å². The van der Waals surface area contributed by atoms with E-state index in [1.54, 1.807) is 25.1 Å². The third-order valence-electron chi connectivity index (χ3n) is 4.54. The number of nitrogens with zero attached hydrogens (tertiary/aromatic N) is 4. The second-order valence-corrected chi connectivity index (χ2v) is 7.52. The van der Waals surface area contributed by atoms with Crippen molar-refractivity contribution >= 4 is 34.3 Å². The van der Waals surface area contributed by atoms with Gasteiger partial charge in [-0.25, -0.2) is 0 Å². The Balaban J connectivity index is 1.61. The number of methoxy groups -OCH3 is 1. The van der Waals surface area contributed by atoms with Crippen LogP contribution in [0.15, 0.2) is 59.9 Å². The molecule has 2 heterocycles. The minimum absolute atomic E-state index is 0.718. The first kappa shape index (κ1) is 18.8. The van der Waals surface area contributed by atoms with E-state index < -0.39 is 0 Å². The average molecular weight is 411 g/mol. The van der Waals surface area contributed by atoms with Crippen LogP contribution >= 0.6 is 23.4 Å². The van der Waals surface area contributed by atoms with Crippen LogP contribution in [0.5, 0.6) is 5.75 Å². The third-order valence-corrected chi connectivity index (χ3v) is 5.88. The number of aromatic nitrogens is 4. The molecule has 0 fully saturated rings. The number of benzene rings is 2. The Morgan fingerprint density at radius 2 is 1.89 bits per heavy atom. The maximum Gasteiger partial charge on any atom is 0.191 e. The molecule has 7 heteroatoms. The van der Waals surface area contributed by atoms with Gasteiger partial charge in [0, 0.05) is 34.5 Å². The van der Waals surface area contributed by atoms with E-state index in [9.17, 15) is 0 Å². The predicted octanol–water partition coefficient (Wildman–Crippen LogP) is 5.47. The average Bonchev–Trinajstić information content (AvgIpc) is 3.16. The standard InChI is InChI=1S/C21H19ClN4OS/c1-3-26-20(14-6-9-16(27-2)10-7-14)24-25-21(26)28-13-15-8-11-18(22)17-5-4-12-23-19(15)17/h4-12H,3,13H2,1-2H3. The molecule has 0 aliphatic rings. The van der Waals surface area contributed by atoms with Gasteiger partial charge in [-0.1, -0.05) is 29.4 Å². The summed E-state index contributed by atoms with van der Waals surface area (Å²) in [6, 6.07) is 15.7. The van der Waals surface area contributed by atoms with Crippen LogP contribution < -0.4 is 4.74 Å². The number of pyridine rings is 1. The van der Waals surface area contributed by atoms with Crippen molar-refractivity contribution in [2.75, 3.05) is 7.11 Å². The van der Waals surface area contributed by atoms with E-state index in [0.717, 1.165) is 56.1 Å². The van der Waals surface area contributed by atoms with E-state index >= 15 is 0 Å². The smallest absolute Gasteiger partial charge is 0.191 e. The lowest BCUT2D eigenvalue weighted by Crippen LogP contribution is -2.00. The molecule has 4 aromatic rings. The first-order valence-corrected chi connectivity index (χ1v) is 10.3. The Morgan fingerprint density at radius 1 is 1.07 bits per heavy atom. The third kappa shape index (κ3) is 3.57. The van der Waals surface area contributed by atoms with E-state index in [4.69, 9.17) is 16.3 Å². The molecule has 0 aliphatic heterocycles. The minimum Gasteiger partial charge on any atom is -0.497 e. The van der Waals surface area contributed by atoms with Gasteiger partial charge in [0.15, 0.2) is 11.0 Å². The fraction of sp³-hybridized carbons (Fsp3) is 0.190. The van der Waals surface area contributed by atoms with E-state index in [2.05, 4.69) is 26.7 Å². The van der Waals surface area contributed by atoms with Crippen LogP contribution in [-0.4, -0.2) is 26.9 Å². The number of hydrogen-bond donors (Lipinski definition) is 0. The molecule has 4 rings (SSSR count). The summed E-state index contributed by atoms with van der Waals surface area (Å²) in [4.78, 5) is 4.51. The van der Waals surface area contributed by atoms with Crippen LogP contribution in [0.25, 0.3) is 22.3 Å². The van der Waals surface area contributed by atoms with Crippen molar-refractivity contribution in [1.82, 2.24) is 19.7 Å². The molecule has 28 heavy (non-hydrogen) atoms. The molecule has 0 radical (unpaired) electrons. The quantitative estimate of drug-likeness (QED) is 0.394. The fourth-order valence-corrected chi connectivity index (χ4v) is 4.29. The molecule has 0 amide bonds. The van der Waals surface area contributed by atoms with Gasteiger partial charge in [-0.15, -0.1) is 10.2 Å². The highest BCUT2D eigenvalue weighted by Crippen LogP contribution is 2.31. The molecular formula is C21H19ClN4OS. The fourth-order valence-electron chi connectivity index (χ4n) is 3.09. The molecule has 0 N–H and O–H groups in total. The van der Waals surface area contributed by atoms with Crippen LogP contribution in [-0.2, 0) is 12.3 Å². The Bertz CT molecular complexity index is 1110. The van der Waals surface area contributed by atoms with Gasteiger partial charge < -0.3 is 9.30 Å². The summed E-state index contributed by atoms with van der Waals surface area (Å²) >= 11 is 7.95. The largest absolute Gasteiger partial charge is 0.497 e. The highest BCUT2D eigenvalue weighted by Gasteiger charge is 2.14. The molecule has 5 nitrogen and oxygen atoms in total. The molecule has 2 aromatic carbocycles. The topological polar surface area (TPSA) is 52.8 Å². The lowest BCUT2D eigenvalue weighted by Gasteiger charge is -2.09. The highest BCUT2D eigenvalue weighted by atomic mass is 35.5. The van der Waals surface area contributed by atoms with Crippen molar-refractivity contribution in [3.63, 3.8) is 0 Å². The van der Waals surface area contributed by atoms with Gasteiger partial charge in [0.05, 0.1) is 12.6 Å². The molecule has 0 spiro atoms. The van der Waals surface area contributed by atoms with Crippen LogP contribution in [0.4, 0.5) is 0 Å². The first-order chi connectivity index (χ1) is 13.7. The normalized spacial score (nSPS) is 11.1. The summed E-state index contributed by atoms with van der Waals surface area (Å²) in [5, 5.41) is 11.4. The zero-order valence-electron chi connectivity index (χ0n) is 15.6. The first-order valence-electron chi connectivity index (χ1n) is 8.93. The molecule has 0 saturated heterocycles. The summed E-state index contributed by atoms with van der Waals surface area (Å²) < 4.78 is 7.36. The van der Waals surface area contributed by atoms with Crippen molar-refractivity contribution in [3.8, 4) is 17.1 Å². The molecule has 0 saturated carbocycles. The molecule has 0 unspecified atom stereocenters. The van der Waals surface area contributed by atoms with Gasteiger partial charge in [-0.05, 0) is 55.0 Å². The maximum absolute atomic E-state index is 6.30. The van der Waals surface area contributed by atoms with Gasteiger partial charge in [0.2, 0.25) is 0 Å². The predicted molar refractivity (Wildman–Crippen MR) is 114 cm³/mol. The number of thioether (sulfide) groups is 1. The monoisotopic (exact) mass is 410 g/mol. The van der Waals surface area contributed by atoms with Crippen molar-refractivity contribution in [2.24, 2.45) is 0 Å². The molecule has 0 aliphatic carbocycles. The summed E-state index contributed by atoms with van der Waals surface area (Å²) in [7, 11) is 1.66. The van der Waals surface area contributed by atoms with Gasteiger partial charge >= 0.3 is 0 Å². The van der Waals surface area contributed by atoms with Gasteiger partial charge in [0.25, 0.3) is 0 Å². The molecule has 142 valence electrons. The second kappa shape index (κ2) is 8.20. The molecule has 0 atom stereocenters. The highest BCUT2D eigenvalue weighted by molar-refractivity contribution is 7.98. The van der Waals surface area contributed by atoms with Crippen LogP contribution in [0, 0.1) is 0 Å². The minimum atomic E-state index is 0.718. The second-order valence-electron chi connectivity index (χ2n) is 6.17. The summed E-state index contributed by atoms with van der Waals surface area (Å²) in [5.74, 6) is 2.42. The van der Waals surface area contributed by atoms with Gasteiger partial charge in [0.1, 0.15) is 5.75 Å². The molecular weight excluding hydrogens is 392 g/mol. The van der Waals surface area contributed by atoms with Crippen molar-refractivity contribution < 1.29 is 4.74 Å². The van der Waals surface area contributed by atoms with Crippen LogP contribution in [0.1, 0.15) is 12.5 Å². The lowest BCUT2D eigenvalue weighted by atomic mass is 10.1. The molecule has 2 aromatic heterocycles. The Kier molecular flexibility index (Phi) is 5.50. The Morgan fingerprint density at radius 3 is 2.64 bits per heavy atom. The summed E-state index contributed by atoms with van der Waals surface area (Å²) in [5.41, 5.74) is 3.07. The maximum atomic E-state index is 6.30. The van der Waals surface area contributed by atoms with Gasteiger partial charge in [-0.2, -0.15) is 0 Å². The number of hydrogen-bond acceptors (Lipinski definition) is 5. The zero-order valence-corrected chi connectivity index (χ0v) is 17.2. The van der Waals surface area contributed by atoms with Crippen molar-refractivity contribution in [3.05, 3.63) is 65.3 Å². The lowest BCUT2D eigenvalue weighted by molar-refractivity contribution is 0.415. The Hall–Kier alpha value is -2.57. The number of halogens is 1. The number of fused-ring (bicyclic) bond motifs is 1. The number of ether oxygens (including phenoxy) is 1. The van der Waals surface area contributed by atoms with E-state index in [1.165, 1.54) is 0 Å². The summed E-state index contributed by atoms with van der Waals surface area (Å²) in [6.07, 6.45) is 1.79.